The number of methoxy groups -OCH3 is 1. The molecule has 0 fully saturated rings. The molecule has 1 heterocycles. The summed E-state index contributed by atoms with van der Waals surface area (Å²) >= 11 is 0. The van der Waals surface area contributed by atoms with Gasteiger partial charge in [0.1, 0.15) is 12.4 Å². The van der Waals surface area contributed by atoms with Gasteiger partial charge in [-0.2, -0.15) is 0 Å². The summed E-state index contributed by atoms with van der Waals surface area (Å²) in [5, 5.41) is 6.20. The first-order valence-corrected chi connectivity index (χ1v) is 7.19. The molecule has 1 aromatic carbocycles. The normalized spacial score (nSPS) is 13.8. The van der Waals surface area contributed by atoms with E-state index in [1.807, 2.05) is 12.1 Å². The first-order valence-electron chi connectivity index (χ1n) is 7.19. The fraction of sp³-hybridized carbons (Fsp3) is 0.438. The Labute approximate surface area is 137 Å². The van der Waals surface area contributed by atoms with Crippen LogP contribution in [0.2, 0.25) is 0 Å². The Hall–Kier alpha value is -1.56. The van der Waals surface area contributed by atoms with Crippen molar-refractivity contribution in [1.29, 1.82) is 0 Å². The number of para-hydroxylation sites is 1. The molecule has 0 saturated carbocycles. The van der Waals surface area contributed by atoms with Crippen LogP contribution in [0.3, 0.4) is 0 Å². The second-order valence-corrected chi connectivity index (χ2v) is 4.84. The van der Waals surface area contributed by atoms with Gasteiger partial charge in [0.05, 0.1) is 12.2 Å². The van der Waals surface area contributed by atoms with Crippen LogP contribution in [0.25, 0.3) is 0 Å². The van der Waals surface area contributed by atoms with Crippen LogP contribution in [-0.4, -0.2) is 45.9 Å². The predicted molar refractivity (Wildman–Crippen MR) is 89.0 cm³/mol. The van der Waals surface area contributed by atoms with Crippen molar-refractivity contribution in [3.8, 4) is 5.75 Å². The second-order valence-electron chi connectivity index (χ2n) is 4.84. The van der Waals surface area contributed by atoms with Crippen LogP contribution < -0.4 is 15.4 Å². The van der Waals surface area contributed by atoms with Gasteiger partial charge in [-0.1, -0.05) is 23.8 Å². The van der Waals surface area contributed by atoms with Crippen molar-refractivity contribution in [2.75, 3.05) is 40.0 Å². The lowest BCUT2D eigenvalue weighted by molar-refractivity contribution is 0.0949. The Morgan fingerprint density at radius 3 is 2.86 bits per heavy atom. The van der Waals surface area contributed by atoms with E-state index in [0.717, 1.165) is 19.5 Å². The molecule has 5 nitrogen and oxygen atoms in total. The lowest BCUT2D eigenvalue weighted by Gasteiger charge is -2.15. The summed E-state index contributed by atoms with van der Waals surface area (Å²) in [6.07, 6.45) is 3.11. The first kappa shape index (κ1) is 18.5. The smallest absolute Gasteiger partial charge is 0.255 e. The average Bonchev–Trinajstić information content (AvgIpc) is 2.54. The topological polar surface area (TPSA) is 59.6 Å². The highest BCUT2D eigenvalue weighted by atomic mass is 35.5. The summed E-state index contributed by atoms with van der Waals surface area (Å²) in [7, 11) is 1.62. The molecule has 0 radical (unpaired) electrons. The van der Waals surface area contributed by atoms with Crippen LogP contribution in [0.15, 0.2) is 35.9 Å². The number of hydrogen-bond donors (Lipinski definition) is 2. The van der Waals surface area contributed by atoms with Crippen molar-refractivity contribution in [3.05, 3.63) is 41.5 Å². The summed E-state index contributed by atoms with van der Waals surface area (Å²) in [5.74, 6) is 0.480. The van der Waals surface area contributed by atoms with Crippen LogP contribution in [0, 0.1) is 0 Å². The standard InChI is InChI=1S/C16H22N2O3.ClH/c1-20-10-11-21-15-5-3-2-4-14(15)16(19)18-12-13-6-8-17-9-7-13;/h2-6,17H,7-12H2,1H3,(H,18,19);1H. The van der Waals surface area contributed by atoms with Gasteiger partial charge in [0.2, 0.25) is 0 Å². The zero-order chi connectivity index (χ0) is 14.9. The SMILES string of the molecule is COCCOc1ccccc1C(=O)NCC1=CCNCC1.Cl. The van der Waals surface area contributed by atoms with Crippen molar-refractivity contribution >= 4 is 18.3 Å². The number of ether oxygens (including phenoxy) is 2. The number of halogens is 1. The van der Waals surface area contributed by atoms with Crippen molar-refractivity contribution < 1.29 is 14.3 Å². The zero-order valence-corrected chi connectivity index (χ0v) is 13.6. The number of amides is 1. The van der Waals surface area contributed by atoms with Gasteiger partial charge in [0.15, 0.2) is 0 Å². The van der Waals surface area contributed by atoms with E-state index in [2.05, 4.69) is 16.7 Å². The monoisotopic (exact) mass is 326 g/mol. The molecule has 0 spiro atoms. The molecular weight excluding hydrogens is 304 g/mol. The first-order chi connectivity index (χ1) is 10.3. The summed E-state index contributed by atoms with van der Waals surface area (Å²) in [6, 6.07) is 7.26. The highest BCUT2D eigenvalue weighted by Gasteiger charge is 2.12. The molecule has 0 aliphatic carbocycles. The quantitative estimate of drug-likeness (QED) is 0.592. The fourth-order valence-corrected chi connectivity index (χ4v) is 2.13. The van der Waals surface area contributed by atoms with Gasteiger partial charge >= 0.3 is 0 Å². The molecule has 1 amide bonds. The molecule has 22 heavy (non-hydrogen) atoms. The summed E-state index contributed by atoms with van der Waals surface area (Å²) in [6.45, 7) is 3.36. The van der Waals surface area contributed by atoms with Gasteiger partial charge in [-0.15, -0.1) is 12.4 Å². The van der Waals surface area contributed by atoms with Crippen molar-refractivity contribution in [2.24, 2.45) is 0 Å². The van der Waals surface area contributed by atoms with Crippen LogP contribution in [0.5, 0.6) is 5.75 Å². The summed E-state index contributed by atoms with van der Waals surface area (Å²) < 4.78 is 10.5. The third-order valence-electron chi connectivity index (χ3n) is 3.31. The van der Waals surface area contributed by atoms with E-state index in [9.17, 15) is 4.79 Å². The largest absolute Gasteiger partial charge is 0.490 e. The Morgan fingerprint density at radius 2 is 2.14 bits per heavy atom. The number of carbonyl (C=O) groups excluding carboxylic acids is 1. The molecule has 0 unspecified atom stereocenters. The highest BCUT2D eigenvalue weighted by Crippen LogP contribution is 2.18. The number of hydrogen-bond acceptors (Lipinski definition) is 4. The average molecular weight is 327 g/mol. The van der Waals surface area contributed by atoms with Gasteiger partial charge in [-0.3, -0.25) is 4.79 Å². The lowest BCUT2D eigenvalue weighted by Crippen LogP contribution is -2.30. The molecule has 1 aliphatic heterocycles. The predicted octanol–water partition coefficient (Wildman–Crippen LogP) is 1.78. The van der Waals surface area contributed by atoms with Gasteiger partial charge in [0.25, 0.3) is 5.91 Å². The molecule has 122 valence electrons. The zero-order valence-electron chi connectivity index (χ0n) is 12.8. The van der Waals surface area contributed by atoms with E-state index in [-0.39, 0.29) is 18.3 Å². The summed E-state index contributed by atoms with van der Waals surface area (Å²) in [5.41, 5.74) is 1.82. The molecule has 0 aromatic heterocycles. The van der Waals surface area contributed by atoms with Crippen LogP contribution >= 0.6 is 12.4 Å². The van der Waals surface area contributed by atoms with E-state index < -0.39 is 0 Å². The van der Waals surface area contributed by atoms with E-state index in [0.29, 0.717) is 31.1 Å². The minimum absolute atomic E-state index is 0. The van der Waals surface area contributed by atoms with Crippen molar-refractivity contribution in [1.82, 2.24) is 10.6 Å². The van der Waals surface area contributed by atoms with E-state index in [1.54, 1.807) is 19.2 Å². The molecule has 2 rings (SSSR count). The fourth-order valence-electron chi connectivity index (χ4n) is 2.13. The molecule has 2 N–H and O–H groups in total. The molecule has 0 saturated heterocycles. The molecule has 1 aromatic rings. The number of carbonyl (C=O) groups is 1. The van der Waals surface area contributed by atoms with E-state index >= 15 is 0 Å². The molecule has 6 heteroatoms. The van der Waals surface area contributed by atoms with Gasteiger partial charge in [-0.25, -0.2) is 0 Å². The maximum Gasteiger partial charge on any atom is 0.255 e. The number of benzene rings is 1. The summed E-state index contributed by atoms with van der Waals surface area (Å²) in [4.78, 5) is 12.3. The Bertz CT molecular complexity index is 506. The van der Waals surface area contributed by atoms with Crippen LogP contribution in [0.4, 0.5) is 0 Å². The highest BCUT2D eigenvalue weighted by molar-refractivity contribution is 5.97. The van der Waals surface area contributed by atoms with Gasteiger partial charge in [-0.05, 0) is 25.1 Å². The third kappa shape index (κ3) is 5.67. The maximum absolute atomic E-state index is 12.3. The lowest BCUT2D eigenvalue weighted by atomic mass is 10.1. The van der Waals surface area contributed by atoms with E-state index in [4.69, 9.17) is 9.47 Å². The second kappa shape index (κ2) is 10.2. The van der Waals surface area contributed by atoms with Gasteiger partial charge < -0.3 is 20.1 Å². The third-order valence-corrected chi connectivity index (χ3v) is 3.31. The Morgan fingerprint density at radius 1 is 1.32 bits per heavy atom. The van der Waals surface area contributed by atoms with Gasteiger partial charge in [0, 0.05) is 20.2 Å². The minimum Gasteiger partial charge on any atom is -0.490 e. The van der Waals surface area contributed by atoms with Crippen molar-refractivity contribution in [2.45, 2.75) is 6.42 Å². The molecule has 0 atom stereocenters. The minimum atomic E-state index is -0.109. The van der Waals surface area contributed by atoms with Crippen LogP contribution in [-0.2, 0) is 4.74 Å². The number of rotatable bonds is 7. The molecule has 1 aliphatic rings. The Kier molecular flexibility index (Phi) is 8.58. The molecule has 0 bridgehead atoms. The maximum atomic E-state index is 12.3. The Balaban J connectivity index is 0.00000242. The van der Waals surface area contributed by atoms with Crippen molar-refractivity contribution in [3.63, 3.8) is 0 Å². The number of nitrogens with one attached hydrogen (secondary N) is 2. The molecular formula is C16H23ClN2O3. The van der Waals surface area contributed by atoms with E-state index in [1.165, 1.54) is 5.57 Å². The van der Waals surface area contributed by atoms with Crippen LogP contribution in [0.1, 0.15) is 16.8 Å².